The van der Waals surface area contributed by atoms with Crippen LogP contribution in [-0.4, -0.2) is 45.2 Å². The Hall–Kier alpha value is -2.69. The molecule has 3 N–H and O–H groups in total. The van der Waals surface area contributed by atoms with E-state index in [0.717, 1.165) is 37.1 Å². The second-order valence-corrected chi connectivity index (χ2v) is 10.8. The number of carbonyl (C=O) groups excluding carboxylic acids is 1. The van der Waals surface area contributed by atoms with Gasteiger partial charge in [0.05, 0.1) is 18.0 Å². The summed E-state index contributed by atoms with van der Waals surface area (Å²) in [5, 5.41) is 6.63. The fourth-order valence-electron chi connectivity index (χ4n) is 4.39. The third kappa shape index (κ3) is 6.05. The standard InChI is InChI=1S/C24H30N4O4S2/c1-32-21-11-9-20(10-12-21)28-16-19(15-23(28)29)26-24(33)25-17-7-13-22(14-8-17)34(30,31)27-18-5-3-2-4-6-18/h7-14,18-19,27H,2-6,15-16H2,1H3,(H2,25,26,33). The van der Waals surface area contributed by atoms with Crippen molar-refractivity contribution in [2.45, 2.75) is 55.5 Å². The molecular weight excluding hydrogens is 472 g/mol. The number of thiocarbonyl (C=S) groups is 1. The monoisotopic (exact) mass is 502 g/mol. The zero-order valence-corrected chi connectivity index (χ0v) is 20.8. The van der Waals surface area contributed by atoms with Gasteiger partial charge in [0.2, 0.25) is 15.9 Å². The van der Waals surface area contributed by atoms with Gasteiger partial charge in [0.25, 0.3) is 0 Å². The molecule has 10 heteroatoms. The van der Waals surface area contributed by atoms with Gasteiger partial charge < -0.3 is 20.3 Å². The minimum absolute atomic E-state index is 0.0138. The molecule has 8 nitrogen and oxygen atoms in total. The number of sulfonamides is 1. The van der Waals surface area contributed by atoms with Crippen molar-refractivity contribution in [3.05, 3.63) is 48.5 Å². The van der Waals surface area contributed by atoms with E-state index >= 15 is 0 Å². The SMILES string of the molecule is COc1ccc(N2CC(NC(=S)Nc3ccc(S(=O)(=O)NC4CCCCC4)cc3)CC2=O)cc1. The number of nitrogens with one attached hydrogen (secondary N) is 3. The Kier molecular flexibility index (Phi) is 7.70. The molecule has 1 heterocycles. The van der Waals surface area contributed by atoms with Gasteiger partial charge in [-0.1, -0.05) is 19.3 Å². The number of anilines is 2. The van der Waals surface area contributed by atoms with E-state index < -0.39 is 10.0 Å². The molecule has 2 aromatic carbocycles. The highest BCUT2D eigenvalue weighted by molar-refractivity contribution is 7.89. The lowest BCUT2D eigenvalue weighted by Gasteiger charge is -2.22. The minimum atomic E-state index is -3.54. The summed E-state index contributed by atoms with van der Waals surface area (Å²) in [7, 11) is -1.94. The average molecular weight is 503 g/mol. The maximum atomic E-state index is 12.7. The van der Waals surface area contributed by atoms with Crippen molar-refractivity contribution < 1.29 is 17.9 Å². The zero-order chi connectivity index (χ0) is 24.1. The van der Waals surface area contributed by atoms with E-state index in [1.54, 1.807) is 36.3 Å². The van der Waals surface area contributed by atoms with Crippen LogP contribution in [0.4, 0.5) is 11.4 Å². The predicted molar refractivity (Wildman–Crippen MR) is 137 cm³/mol. The lowest BCUT2D eigenvalue weighted by Crippen LogP contribution is -2.39. The van der Waals surface area contributed by atoms with Crippen LogP contribution >= 0.6 is 12.2 Å². The van der Waals surface area contributed by atoms with Crippen molar-refractivity contribution in [3.8, 4) is 5.75 Å². The molecule has 182 valence electrons. The summed E-state index contributed by atoms with van der Waals surface area (Å²) >= 11 is 5.41. The number of hydrogen-bond donors (Lipinski definition) is 3. The van der Waals surface area contributed by atoms with Crippen LogP contribution in [0.25, 0.3) is 0 Å². The summed E-state index contributed by atoms with van der Waals surface area (Å²) in [6, 6.07) is 13.8. The number of nitrogens with zero attached hydrogens (tertiary/aromatic N) is 1. The number of hydrogen-bond acceptors (Lipinski definition) is 5. The molecule has 0 aromatic heterocycles. The molecule has 1 saturated heterocycles. The molecule has 1 unspecified atom stereocenters. The highest BCUT2D eigenvalue weighted by Crippen LogP contribution is 2.24. The van der Waals surface area contributed by atoms with Crippen LogP contribution in [0.2, 0.25) is 0 Å². The summed E-state index contributed by atoms with van der Waals surface area (Å²) in [5.41, 5.74) is 1.48. The summed E-state index contributed by atoms with van der Waals surface area (Å²) in [6.07, 6.45) is 5.39. The Morgan fingerprint density at radius 1 is 1.00 bits per heavy atom. The van der Waals surface area contributed by atoms with Crippen LogP contribution in [0.15, 0.2) is 53.4 Å². The molecule has 2 aromatic rings. The first kappa shape index (κ1) is 24.4. The molecule has 1 aliphatic heterocycles. The maximum absolute atomic E-state index is 12.7. The van der Waals surface area contributed by atoms with E-state index in [4.69, 9.17) is 17.0 Å². The van der Waals surface area contributed by atoms with Gasteiger partial charge in [-0.15, -0.1) is 0 Å². The van der Waals surface area contributed by atoms with Gasteiger partial charge in [0.1, 0.15) is 5.75 Å². The van der Waals surface area contributed by atoms with Gasteiger partial charge in [0, 0.05) is 30.4 Å². The minimum Gasteiger partial charge on any atom is -0.497 e. The van der Waals surface area contributed by atoms with Crippen LogP contribution in [0.5, 0.6) is 5.75 Å². The Bertz CT molecular complexity index is 1110. The Balaban J connectivity index is 1.30. The average Bonchev–Trinajstić information content (AvgIpc) is 3.19. The number of ether oxygens (including phenoxy) is 1. The molecule has 2 aliphatic rings. The summed E-state index contributed by atoms with van der Waals surface area (Å²) in [5.74, 6) is 0.754. The Morgan fingerprint density at radius 3 is 2.32 bits per heavy atom. The first-order chi connectivity index (χ1) is 16.3. The van der Waals surface area contributed by atoms with Gasteiger partial charge >= 0.3 is 0 Å². The molecule has 34 heavy (non-hydrogen) atoms. The highest BCUT2D eigenvalue weighted by Gasteiger charge is 2.31. The van der Waals surface area contributed by atoms with Gasteiger partial charge in [-0.2, -0.15) is 0 Å². The normalized spacial score (nSPS) is 19.1. The van der Waals surface area contributed by atoms with Gasteiger partial charge in [-0.25, -0.2) is 13.1 Å². The van der Waals surface area contributed by atoms with Crippen LogP contribution in [-0.2, 0) is 14.8 Å². The zero-order valence-electron chi connectivity index (χ0n) is 19.1. The first-order valence-electron chi connectivity index (χ1n) is 11.5. The van der Waals surface area contributed by atoms with Crippen LogP contribution in [0.3, 0.4) is 0 Å². The lowest BCUT2D eigenvalue weighted by molar-refractivity contribution is -0.117. The van der Waals surface area contributed by atoms with Crippen LogP contribution in [0, 0.1) is 0 Å². The van der Waals surface area contributed by atoms with Crippen molar-refractivity contribution in [2.75, 3.05) is 23.9 Å². The third-order valence-electron chi connectivity index (χ3n) is 6.19. The molecule has 0 radical (unpaired) electrons. The van der Waals surface area contributed by atoms with Crippen molar-refractivity contribution in [1.82, 2.24) is 10.0 Å². The van der Waals surface area contributed by atoms with Crippen LogP contribution < -0.4 is 25.0 Å². The first-order valence-corrected chi connectivity index (χ1v) is 13.4. The number of methoxy groups -OCH3 is 1. The number of benzene rings is 2. The summed E-state index contributed by atoms with van der Waals surface area (Å²) in [4.78, 5) is 14.4. The molecule has 0 bridgehead atoms. The number of carbonyl (C=O) groups is 1. The molecule has 1 amide bonds. The quantitative estimate of drug-likeness (QED) is 0.499. The second kappa shape index (κ2) is 10.7. The van der Waals surface area contributed by atoms with Crippen molar-refractivity contribution in [1.29, 1.82) is 0 Å². The van der Waals surface area contributed by atoms with E-state index in [1.165, 1.54) is 6.42 Å². The van der Waals surface area contributed by atoms with Crippen molar-refractivity contribution in [2.24, 2.45) is 0 Å². The van der Waals surface area contributed by atoms with E-state index in [9.17, 15) is 13.2 Å². The molecule has 1 atom stereocenters. The Morgan fingerprint density at radius 2 is 1.68 bits per heavy atom. The lowest BCUT2D eigenvalue weighted by atomic mass is 9.96. The van der Waals surface area contributed by atoms with Gasteiger partial charge in [0.15, 0.2) is 5.11 Å². The summed E-state index contributed by atoms with van der Waals surface area (Å²) < 4.78 is 33.3. The molecule has 1 saturated carbocycles. The van der Waals surface area contributed by atoms with E-state index in [1.807, 2.05) is 24.3 Å². The largest absolute Gasteiger partial charge is 0.497 e. The van der Waals surface area contributed by atoms with Crippen molar-refractivity contribution in [3.63, 3.8) is 0 Å². The maximum Gasteiger partial charge on any atom is 0.240 e. The van der Waals surface area contributed by atoms with E-state index in [-0.39, 0.29) is 22.9 Å². The van der Waals surface area contributed by atoms with Crippen LogP contribution in [0.1, 0.15) is 38.5 Å². The molecule has 2 fully saturated rings. The van der Waals surface area contributed by atoms with E-state index in [0.29, 0.717) is 23.8 Å². The Labute approximate surface area is 206 Å². The number of amides is 1. The molecule has 0 spiro atoms. The molecule has 1 aliphatic carbocycles. The smallest absolute Gasteiger partial charge is 0.240 e. The van der Waals surface area contributed by atoms with Gasteiger partial charge in [-0.05, 0) is 73.6 Å². The predicted octanol–water partition coefficient (Wildman–Crippen LogP) is 3.40. The van der Waals surface area contributed by atoms with E-state index in [2.05, 4.69) is 15.4 Å². The fourth-order valence-corrected chi connectivity index (χ4v) is 5.98. The molecular formula is C24H30N4O4S2. The highest BCUT2D eigenvalue weighted by atomic mass is 32.2. The third-order valence-corrected chi connectivity index (χ3v) is 7.95. The topological polar surface area (TPSA) is 99.8 Å². The molecule has 4 rings (SSSR count). The van der Waals surface area contributed by atoms with Crippen molar-refractivity contribution >= 4 is 44.6 Å². The number of rotatable bonds is 7. The fraction of sp³-hybridized carbons (Fsp3) is 0.417. The van der Waals surface area contributed by atoms with Gasteiger partial charge in [-0.3, -0.25) is 4.79 Å². The summed E-state index contributed by atoms with van der Waals surface area (Å²) in [6.45, 7) is 0.497. The second-order valence-electron chi connectivity index (χ2n) is 8.68.